The van der Waals surface area contributed by atoms with Gasteiger partial charge >= 0.3 is 5.97 Å². The van der Waals surface area contributed by atoms with E-state index in [1.54, 1.807) is 11.9 Å². The fourth-order valence-corrected chi connectivity index (χ4v) is 2.86. The number of nitrogens with one attached hydrogen (secondary N) is 1. The van der Waals surface area contributed by atoms with E-state index in [9.17, 15) is 14.7 Å². The Morgan fingerprint density at radius 2 is 2.13 bits per heavy atom. The van der Waals surface area contributed by atoms with Crippen molar-refractivity contribution in [2.24, 2.45) is 5.92 Å². The van der Waals surface area contributed by atoms with Crippen molar-refractivity contribution >= 4 is 11.9 Å². The van der Waals surface area contributed by atoms with Crippen LogP contribution in [0.2, 0.25) is 0 Å². The van der Waals surface area contributed by atoms with Crippen molar-refractivity contribution in [1.29, 1.82) is 0 Å². The number of amides is 1. The molecule has 1 aromatic rings. The molecule has 2 N–H and O–H groups in total. The molecule has 7 nitrogen and oxygen atoms in total. The number of aliphatic carboxylic acids is 1. The topological polar surface area (TPSA) is 95.7 Å². The van der Waals surface area contributed by atoms with Gasteiger partial charge in [0, 0.05) is 31.6 Å². The van der Waals surface area contributed by atoms with Crippen LogP contribution in [0.4, 0.5) is 0 Å². The summed E-state index contributed by atoms with van der Waals surface area (Å²) in [6.45, 7) is 6.86. The van der Waals surface area contributed by atoms with Crippen LogP contribution < -0.4 is 5.32 Å². The van der Waals surface area contributed by atoms with E-state index >= 15 is 0 Å². The van der Waals surface area contributed by atoms with E-state index in [0.29, 0.717) is 31.6 Å². The maximum absolute atomic E-state index is 11.9. The molecule has 1 fully saturated rings. The van der Waals surface area contributed by atoms with Gasteiger partial charge < -0.3 is 14.9 Å². The molecule has 0 saturated carbocycles. The molecule has 2 heterocycles. The molecular formula is C16H25N3O4. The number of aromatic nitrogens is 1. The van der Waals surface area contributed by atoms with Gasteiger partial charge in [-0.15, -0.1) is 0 Å². The first-order valence-corrected chi connectivity index (χ1v) is 7.87. The molecule has 7 heteroatoms. The van der Waals surface area contributed by atoms with Crippen LogP contribution in [0.25, 0.3) is 0 Å². The van der Waals surface area contributed by atoms with E-state index in [0.717, 1.165) is 5.76 Å². The highest BCUT2D eigenvalue weighted by atomic mass is 16.5. The summed E-state index contributed by atoms with van der Waals surface area (Å²) >= 11 is 0. The van der Waals surface area contributed by atoms with Crippen molar-refractivity contribution in [2.75, 3.05) is 13.6 Å². The Hall–Kier alpha value is -1.89. The monoisotopic (exact) mass is 323 g/mol. The Balaban J connectivity index is 2.13. The quantitative estimate of drug-likeness (QED) is 0.869. The minimum absolute atomic E-state index is 0.0469. The molecule has 0 aliphatic carbocycles. The van der Waals surface area contributed by atoms with Crippen LogP contribution in [0.5, 0.6) is 0 Å². The summed E-state index contributed by atoms with van der Waals surface area (Å²) in [5, 5.41) is 16.1. The van der Waals surface area contributed by atoms with Gasteiger partial charge in [0.25, 0.3) is 0 Å². The lowest BCUT2D eigenvalue weighted by Gasteiger charge is -2.36. The molecule has 1 aliphatic heterocycles. The lowest BCUT2D eigenvalue weighted by molar-refractivity contribution is -0.147. The summed E-state index contributed by atoms with van der Waals surface area (Å²) < 4.78 is 5.36. The van der Waals surface area contributed by atoms with Gasteiger partial charge in [-0.2, -0.15) is 0 Å². The summed E-state index contributed by atoms with van der Waals surface area (Å²) in [5.74, 6) is -0.335. The third kappa shape index (κ3) is 4.10. The van der Waals surface area contributed by atoms with Gasteiger partial charge in [0.05, 0.1) is 11.6 Å². The highest BCUT2D eigenvalue weighted by Gasteiger charge is 2.36. The number of likely N-dealkylation sites (tertiary alicyclic amines) is 1. The van der Waals surface area contributed by atoms with Gasteiger partial charge in [-0.25, -0.2) is 0 Å². The SMILES string of the molecule is CNC(=O)[C@H]1CC[C@@H](C(=O)O)N(Cc2cc(C(C)(C)C)on2)C1. The van der Waals surface area contributed by atoms with Crippen LogP contribution >= 0.6 is 0 Å². The molecule has 0 bridgehead atoms. The van der Waals surface area contributed by atoms with Gasteiger partial charge in [0.15, 0.2) is 0 Å². The second-order valence-electron chi connectivity index (χ2n) is 7.10. The van der Waals surface area contributed by atoms with Crippen LogP contribution in [0.1, 0.15) is 45.1 Å². The molecule has 1 aromatic heterocycles. The lowest BCUT2D eigenvalue weighted by Crippen LogP contribution is -2.50. The molecule has 2 rings (SSSR count). The van der Waals surface area contributed by atoms with Gasteiger partial charge in [-0.05, 0) is 12.8 Å². The number of carboxylic acid groups (broad SMARTS) is 1. The molecule has 1 aliphatic rings. The van der Waals surface area contributed by atoms with Gasteiger partial charge in [-0.1, -0.05) is 25.9 Å². The molecule has 128 valence electrons. The molecule has 0 spiro atoms. The Bertz CT molecular complexity index is 576. The van der Waals surface area contributed by atoms with Gasteiger partial charge in [0.2, 0.25) is 5.91 Å². The normalized spacial score (nSPS) is 22.8. The summed E-state index contributed by atoms with van der Waals surface area (Å²) in [7, 11) is 1.60. The molecule has 23 heavy (non-hydrogen) atoms. The van der Waals surface area contributed by atoms with E-state index in [-0.39, 0.29) is 17.2 Å². The predicted octanol–water partition coefficient (Wildman–Crippen LogP) is 1.38. The third-order valence-electron chi connectivity index (χ3n) is 4.25. The third-order valence-corrected chi connectivity index (χ3v) is 4.25. The largest absolute Gasteiger partial charge is 0.480 e. The van der Waals surface area contributed by atoms with Crippen molar-refractivity contribution in [2.45, 2.75) is 51.6 Å². The highest BCUT2D eigenvalue weighted by molar-refractivity contribution is 5.79. The van der Waals surface area contributed by atoms with E-state index < -0.39 is 12.0 Å². The minimum atomic E-state index is -0.861. The summed E-state index contributed by atoms with van der Waals surface area (Å²) in [6, 6.07) is 1.27. The number of hydrogen-bond acceptors (Lipinski definition) is 5. The molecule has 1 saturated heterocycles. The van der Waals surface area contributed by atoms with E-state index in [1.807, 2.05) is 26.8 Å². The van der Waals surface area contributed by atoms with Crippen LogP contribution in [0, 0.1) is 5.92 Å². The number of carbonyl (C=O) groups is 2. The number of rotatable bonds is 4. The average molecular weight is 323 g/mol. The molecule has 1 amide bonds. The summed E-state index contributed by atoms with van der Waals surface area (Å²) in [4.78, 5) is 25.1. The zero-order valence-electron chi connectivity index (χ0n) is 14.1. The van der Waals surface area contributed by atoms with Crippen molar-refractivity contribution in [3.05, 3.63) is 17.5 Å². The molecule has 0 radical (unpaired) electrons. The smallest absolute Gasteiger partial charge is 0.320 e. The number of nitrogens with zero attached hydrogens (tertiary/aromatic N) is 2. The van der Waals surface area contributed by atoms with Crippen molar-refractivity contribution < 1.29 is 19.2 Å². The van der Waals surface area contributed by atoms with Crippen LogP contribution in [0.3, 0.4) is 0 Å². The molecule has 2 atom stereocenters. The van der Waals surface area contributed by atoms with Crippen molar-refractivity contribution in [1.82, 2.24) is 15.4 Å². The number of piperidine rings is 1. The van der Waals surface area contributed by atoms with Crippen LogP contribution in [-0.2, 0) is 21.5 Å². The van der Waals surface area contributed by atoms with Gasteiger partial charge in [-0.3, -0.25) is 14.5 Å². The Morgan fingerprint density at radius 3 is 2.65 bits per heavy atom. The number of carboxylic acids is 1. The Labute approximate surface area is 136 Å². The molecular weight excluding hydrogens is 298 g/mol. The lowest BCUT2D eigenvalue weighted by atomic mass is 9.91. The summed E-state index contributed by atoms with van der Waals surface area (Å²) in [5.41, 5.74) is 0.544. The maximum Gasteiger partial charge on any atom is 0.320 e. The van der Waals surface area contributed by atoms with Crippen LogP contribution in [0.15, 0.2) is 10.6 Å². The predicted molar refractivity (Wildman–Crippen MR) is 83.8 cm³/mol. The first kappa shape index (κ1) is 17.5. The van der Waals surface area contributed by atoms with E-state index in [2.05, 4.69) is 10.5 Å². The van der Waals surface area contributed by atoms with E-state index in [1.165, 1.54) is 0 Å². The number of hydrogen-bond donors (Lipinski definition) is 2. The second kappa shape index (κ2) is 6.70. The maximum atomic E-state index is 11.9. The fourth-order valence-electron chi connectivity index (χ4n) is 2.86. The Morgan fingerprint density at radius 1 is 1.43 bits per heavy atom. The summed E-state index contributed by atoms with van der Waals surface area (Å²) in [6.07, 6.45) is 1.04. The van der Waals surface area contributed by atoms with Crippen molar-refractivity contribution in [3.63, 3.8) is 0 Å². The molecule has 0 unspecified atom stereocenters. The van der Waals surface area contributed by atoms with Gasteiger partial charge in [0.1, 0.15) is 11.8 Å². The average Bonchev–Trinajstić information content (AvgIpc) is 2.94. The van der Waals surface area contributed by atoms with E-state index in [4.69, 9.17) is 4.52 Å². The standard InChI is InChI=1S/C16H25N3O4/c1-16(2,3)13-7-11(18-23-13)9-19-8-10(14(20)17-4)5-6-12(19)15(21)22/h7,10,12H,5-6,8-9H2,1-4H3,(H,17,20)(H,21,22)/t10-,12-/m0/s1. The molecule has 0 aromatic carbocycles. The zero-order valence-corrected chi connectivity index (χ0v) is 14.1. The van der Waals surface area contributed by atoms with Crippen molar-refractivity contribution in [3.8, 4) is 0 Å². The first-order valence-electron chi connectivity index (χ1n) is 7.87. The minimum Gasteiger partial charge on any atom is -0.480 e. The first-order chi connectivity index (χ1) is 10.7. The zero-order chi connectivity index (χ0) is 17.2. The second-order valence-corrected chi connectivity index (χ2v) is 7.10. The number of carbonyl (C=O) groups excluding carboxylic acids is 1. The Kier molecular flexibility index (Phi) is 5.09. The highest BCUT2D eigenvalue weighted by Crippen LogP contribution is 2.27. The fraction of sp³-hybridized carbons (Fsp3) is 0.688. The van der Waals surface area contributed by atoms with Crippen LogP contribution in [-0.4, -0.2) is 46.7 Å².